The first-order valence-corrected chi connectivity index (χ1v) is 4.49. The molecule has 2 bridgehead atoms. The summed E-state index contributed by atoms with van der Waals surface area (Å²) >= 11 is 0. The SMILES string of the molecule is C[C@H]1C[C@H]2CC[C@@H](C1)N2C. The van der Waals surface area contributed by atoms with Gasteiger partial charge in [0.15, 0.2) is 0 Å². The highest BCUT2D eigenvalue weighted by Crippen LogP contribution is 2.36. The van der Waals surface area contributed by atoms with Crippen molar-refractivity contribution in [3.8, 4) is 0 Å². The Balaban J connectivity index is 2.09. The molecule has 0 radical (unpaired) electrons. The molecule has 0 N–H and O–H groups in total. The molecule has 0 saturated carbocycles. The first-order valence-electron chi connectivity index (χ1n) is 4.49. The van der Waals surface area contributed by atoms with E-state index in [1.807, 2.05) is 0 Å². The van der Waals surface area contributed by atoms with E-state index in [-0.39, 0.29) is 0 Å². The molecule has 2 heterocycles. The Morgan fingerprint density at radius 1 is 1.10 bits per heavy atom. The average molecular weight is 139 g/mol. The van der Waals surface area contributed by atoms with E-state index >= 15 is 0 Å². The largest absolute Gasteiger partial charge is 0.300 e. The lowest BCUT2D eigenvalue weighted by Crippen LogP contribution is -2.39. The normalized spacial score (nSPS) is 48.0. The molecule has 0 aromatic carbocycles. The first kappa shape index (κ1) is 6.66. The van der Waals surface area contributed by atoms with Crippen LogP contribution in [-0.4, -0.2) is 24.0 Å². The lowest BCUT2D eigenvalue weighted by atomic mass is 9.93. The molecular weight excluding hydrogens is 122 g/mol. The van der Waals surface area contributed by atoms with Crippen LogP contribution < -0.4 is 0 Å². The molecule has 58 valence electrons. The third kappa shape index (κ3) is 0.878. The van der Waals surface area contributed by atoms with E-state index in [1.165, 1.54) is 25.7 Å². The molecule has 2 rings (SSSR count). The zero-order chi connectivity index (χ0) is 7.14. The van der Waals surface area contributed by atoms with E-state index < -0.39 is 0 Å². The predicted molar refractivity (Wildman–Crippen MR) is 43.0 cm³/mol. The maximum Gasteiger partial charge on any atom is 0.00982 e. The van der Waals surface area contributed by atoms with Gasteiger partial charge in [0.25, 0.3) is 0 Å². The van der Waals surface area contributed by atoms with Crippen molar-refractivity contribution < 1.29 is 0 Å². The summed E-state index contributed by atoms with van der Waals surface area (Å²) in [4.78, 5) is 2.60. The Bertz CT molecular complexity index is 119. The molecule has 2 fully saturated rings. The van der Waals surface area contributed by atoms with Crippen LogP contribution in [0.5, 0.6) is 0 Å². The van der Waals surface area contributed by atoms with Gasteiger partial charge in [-0.1, -0.05) is 6.92 Å². The standard InChI is InChI=1S/C9H17N/c1-7-5-8-3-4-9(6-7)10(8)2/h7-9H,3-6H2,1-2H3/t7-,8+,9-. The van der Waals surface area contributed by atoms with Gasteiger partial charge in [-0.2, -0.15) is 0 Å². The van der Waals surface area contributed by atoms with Crippen molar-refractivity contribution in [2.24, 2.45) is 5.92 Å². The molecule has 0 amide bonds. The minimum absolute atomic E-state index is 0.939. The van der Waals surface area contributed by atoms with Crippen LogP contribution in [0.4, 0.5) is 0 Å². The van der Waals surface area contributed by atoms with Gasteiger partial charge in [0.05, 0.1) is 0 Å². The summed E-state index contributed by atoms with van der Waals surface area (Å²) in [6.07, 6.45) is 5.83. The van der Waals surface area contributed by atoms with Crippen molar-refractivity contribution in [1.29, 1.82) is 0 Å². The van der Waals surface area contributed by atoms with Gasteiger partial charge in [-0.3, -0.25) is 0 Å². The second kappa shape index (κ2) is 2.23. The first-order chi connectivity index (χ1) is 4.77. The van der Waals surface area contributed by atoms with Crippen molar-refractivity contribution in [1.82, 2.24) is 4.90 Å². The van der Waals surface area contributed by atoms with Gasteiger partial charge < -0.3 is 4.90 Å². The van der Waals surface area contributed by atoms with Crippen LogP contribution in [0, 0.1) is 5.92 Å². The van der Waals surface area contributed by atoms with Crippen molar-refractivity contribution >= 4 is 0 Å². The number of piperidine rings is 1. The summed E-state index contributed by atoms with van der Waals surface area (Å²) in [5, 5.41) is 0. The molecule has 2 saturated heterocycles. The second-order valence-corrected chi connectivity index (χ2v) is 4.13. The maximum absolute atomic E-state index is 2.60. The van der Waals surface area contributed by atoms with Gasteiger partial charge in [-0.05, 0) is 38.6 Å². The summed E-state index contributed by atoms with van der Waals surface area (Å²) in [5.74, 6) is 0.994. The summed E-state index contributed by atoms with van der Waals surface area (Å²) in [5.41, 5.74) is 0. The molecule has 0 unspecified atom stereocenters. The minimum Gasteiger partial charge on any atom is -0.300 e. The quantitative estimate of drug-likeness (QED) is 0.495. The lowest BCUT2D eigenvalue weighted by molar-refractivity contribution is 0.142. The number of hydrogen-bond donors (Lipinski definition) is 0. The molecule has 1 heteroatoms. The minimum atomic E-state index is 0.939. The van der Waals surface area contributed by atoms with Crippen molar-refractivity contribution in [3.63, 3.8) is 0 Å². The van der Waals surface area contributed by atoms with Gasteiger partial charge in [0, 0.05) is 12.1 Å². The highest BCUT2D eigenvalue weighted by molar-refractivity contribution is 4.91. The third-order valence-electron chi connectivity index (χ3n) is 3.33. The Morgan fingerprint density at radius 3 is 2.10 bits per heavy atom. The zero-order valence-corrected chi connectivity index (χ0v) is 7.01. The molecule has 0 aromatic rings. The van der Waals surface area contributed by atoms with E-state index in [0.717, 1.165) is 18.0 Å². The molecule has 0 aliphatic carbocycles. The predicted octanol–water partition coefficient (Wildman–Crippen LogP) is 1.88. The highest BCUT2D eigenvalue weighted by atomic mass is 15.2. The number of rotatable bonds is 0. The summed E-state index contributed by atoms with van der Waals surface area (Å²) in [6.45, 7) is 2.40. The molecule has 0 aromatic heterocycles. The Labute approximate surface area is 63.4 Å². The van der Waals surface area contributed by atoms with Gasteiger partial charge in [-0.25, -0.2) is 0 Å². The Kier molecular flexibility index (Phi) is 1.48. The van der Waals surface area contributed by atoms with E-state index in [1.54, 1.807) is 0 Å². The van der Waals surface area contributed by atoms with Gasteiger partial charge >= 0.3 is 0 Å². The fraction of sp³-hybridized carbons (Fsp3) is 1.00. The summed E-state index contributed by atoms with van der Waals surface area (Å²) in [6, 6.07) is 1.88. The van der Waals surface area contributed by atoms with Crippen LogP contribution in [0.3, 0.4) is 0 Å². The fourth-order valence-corrected chi connectivity index (χ4v) is 2.68. The van der Waals surface area contributed by atoms with Crippen LogP contribution in [0.1, 0.15) is 32.6 Å². The topological polar surface area (TPSA) is 3.24 Å². The molecule has 10 heavy (non-hydrogen) atoms. The molecule has 1 nitrogen and oxygen atoms in total. The van der Waals surface area contributed by atoms with E-state index in [2.05, 4.69) is 18.9 Å². The van der Waals surface area contributed by atoms with Crippen LogP contribution in [0.25, 0.3) is 0 Å². The van der Waals surface area contributed by atoms with Crippen LogP contribution in [-0.2, 0) is 0 Å². The average Bonchev–Trinajstić information content (AvgIpc) is 2.20. The third-order valence-corrected chi connectivity index (χ3v) is 3.33. The van der Waals surface area contributed by atoms with Crippen LogP contribution in [0.15, 0.2) is 0 Å². The second-order valence-electron chi connectivity index (χ2n) is 4.13. The summed E-state index contributed by atoms with van der Waals surface area (Å²) in [7, 11) is 2.30. The summed E-state index contributed by atoms with van der Waals surface area (Å²) < 4.78 is 0. The van der Waals surface area contributed by atoms with Crippen LogP contribution >= 0.6 is 0 Å². The molecule has 3 atom stereocenters. The van der Waals surface area contributed by atoms with Crippen LogP contribution in [0.2, 0.25) is 0 Å². The van der Waals surface area contributed by atoms with Gasteiger partial charge in [0.2, 0.25) is 0 Å². The van der Waals surface area contributed by atoms with E-state index in [4.69, 9.17) is 0 Å². The number of nitrogens with zero attached hydrogens (tertiary/aromatic N) is 1. The highest BCUT2D eigenvalue weighted by Gasteiger charge is 2.36. The molecule has 0 spiro atoms. The lowest BCUT2D eigenvalue weighted by Gasteiger charge is -2.34. The van der Waals surface area contributed by atoms with Crippen molar-refractivity contribution in [2.45, 2.75) is 44.7 Å². The zero-order valence-electron chi connectivity index (χ0n) is 7.01. The molecular formula is C9H17N. The van der Waals surface area contributed by atoms with Crippen molar-refractivity contribution in [3.05, 3.63) is 0 Å². The fourth-order valence-electron chi connectivity index (χ4n) is 2.68. The maximum atomic E-state index is 2.60. The Hall–Kier alpha value is -0.0400. The number of fused-ring (bicyclic) bond motifs is 2. The molecule has 2 aliphatic rings. The molecule has 2 aliphatic heterocycles. The smallest absolute Gasteiger partial charge is 0.00982 e. The van der Waals surface area contributed by atoms with E-state index in [0.29, 0.717) is 0 Å². The van der Waals surface area contributed by atoms with Crippen molar-refractivity contribution in [2.75, 3.05) is 7.05 Å². The van der Waals surface area contributed by atoms with E-state index in [9.17, 15) is 0 Å². The number of hydrogen-bond acceptors (Lipinski definition) is 1. The van der Waals surface area contributed by atoms with Gasteiger partial charge in [-0.15, -0.1) is 0 Å². The Morgan fingerprint density at radius 2 is 1.60 bits per heavy atom. The van der Waals surface area contributed by atoms with Gasteiger partial charge in [0.1, 0.15) is 0 Å². The monoisotopic (exact) mass is 139 g/mol.